The van der Waals surface area contributed by atoms with Gasteiger partial charge in [-0.05, 0) is 20.8 Å². The van der Waals surface area contributed by atoms with Gasteiger partial charge in [-0.1, -0.05) is 0 Å². The van der Waals surface area contributed by atoms with Crippen LogP contribution in [0.25, 0.3) is 11.5 Å². The second kappa shape index (κ2) is 5.85. The average Bonchev–Trinajstić information content (AvgIpc) is 3.27. The number of aromatic amines is 1. The molecular weight excluding hydrogens is 334 g/mol. The Balaban J connectivity index is 1.87. The average molecular weight is 347 g/mol. The third kappa shape index (κ3) is 2.32. The Morgan fingerprint density at radius 3 is 2.73 bits per heavy atom. The predicted octanol–water partition coefficient (Wildman–Crippen LogP) is 2.25. The molecule has 1 N–H and O–H groups in total. The van der Waals surface area contributed by atoms with Crippen molar-refractivity contribution in [1.82, 2.24) is 39.6 Å². The highest BCUT2D eigenvalue weighted by Crippen LogP contribution is 2.29. The molecule has 4 aromatic rings. The van der Waals surface area contributed by atoms with E-state index in [0.717, 1.165) is 0 Å². The lowest BCUT2D eigenvalue weighted by Crippen LogP contribution is -1.99. The number of nitriles is 1. The highest BCUT2D eigenvalue weighted by atomic mass is 15.4. The van der Waals surface area contributed by atoms with Crippen molar-refractivity contribution >= 4 is 17.2 Å². The van der Waals surface area contributed by atoms with Gasteiger partial charge in [0.2, 0.25) is 0 Å². The molecule has 0 aromatic carbocycles. The summed E-state index contributed by atoms with van der Waals surface area (Å²) < 4.78 is 3.12. The van der Waals surface area contributed by atoms with Gasteiger partial charge in [0.15, 0.2) is 23.0 Å². The zero-order chi connectivity index (χ0) is 18.3. The first kappa shape index (κ1) is 15.6. The molecular formula is C15H13N11. The molecule has 4 rings (SSSR count). The fourth-order valence-corrected chi connectivity index (χ4v) is 2.56. The van der Waals surface area contributed by atoms with E-state index in [0.29, 0.717) is 45.7 Å². The summed E-state index contributed by atoms with van der Waals surface area (Å²) in [5.41, 5.74) is 2.73. The molecule has 128 valence electrons. The first-order valence-corrected chi connectivity index (χ1v) is 7.68. The van der Waals surface area contributed by atoms with Crippen LogP contribution in [0.2, 0.25) is 0 Å². The molecule has 4 heterocycles. The highest BCUT2D eigenvalue weighted by Gasteiger charge is 2.18. The van der Waals surface area contributed by atoms with E-state index in [2.05, 4.69) is 46.7 Å². The van der Waals surface area contributed by atoms with E-state index >= 15 is 0 Å². The van der Waals surface area contributed by atoms with Crippen molar-refractivity contribution in [3.05, 3.63) is 41.4 Å². The van der Waals surface area contributed by atoms with Gasteiger partial charge >= 0.3 is 0 Å². The van der Waals surface area contributed by atoms with Crippen LogP contribution < -0.4 is 0 Å². The second-order valence-corrected chi connectivity index (χ2v) is 5.54. The number of hydrogen-bond donors (Lipinski definition) is 1. The summed E-state index contributed by atoms with van der Waals surface area (Å²) in [6.45, 7) is 5.39. The maximum Gasteiger partial charge on any atom is 0.197 e. The summed E-state index contributed by atoms with van der Waals surface area (Å²) in [5, 5.41) is 33.8. The van der Waals surface area contributed by atoms with Gasteiger partial charge in [0, 0.05) is 12.3 Å². The summed E-state index contributed by atoms with van der Waals surface area (Å²) in [5.74, 6) is 1.50. The molecule has 0 unspecified atom stereocenters. The second-order valence-electron chi connectivity index (χ2n) is 5.54. The topological polar surface area (TPSA) is 138 Å². The van der Waals surface area contributed by atoms with Crippen LogP contribution in [0.5, 0.6) is 0 Å². The SMILES string of the molecule is Cc1nn(-c2ccncn2)c(/N=N/c2c(C)nn3c(C)n[nH]c23)c1C#N. The molecule has 0 fully saturated rings. The van der Waals surface area contributed by atoms with Crippen LogP contribution in [0.15, 0.2) is 28.8 Å². The Labute approximate surface area is 147 Å². The van der Waals surface area contributed by atoms with E-state index in [1.807, 2.05) is 13.8 Å². The number of aryl methyl sites for hydroxylation is 3. The largest absolute Gasteiger partial charge is 0.258 e. The zero-order valence-corrected chi connectivity index (χ0v) is 14.2. The van der Waals surface area contributed by atoms with Crippen molar-refractivity contribution in [2.45, 2.75) is 20.8 Å². The Bertz CT molecular complexity index is 1170. The molecule has 0 amide bonds. The number of hydrogen-bond acceptors (Lipinski definition) is 8. The first-order chi connectivity index (χ1) is 12.6. The van der Waals surface area contributed by atoms with Gasteiger partial charge in [0.25, 0.3) is 0 Å². The van der Waals surface area contributed by atoms with Crippen molar-refractivity contribution in [3.8, 4) is 11.9 Å². The molecule has 0 saturated heterocycles. The Kier molecular flexibility index (Phi) is 3.51. The minimum Gasteiger partial charge on any atom is -0.258 e. The predicted molar refractivity (Wildman–Crippen MR) is 89.6 cm³/mol. The quantitative estimate of drug-likeness (QED) is 0.564. The van der Waals surface area contributed by atoms with E-state index in [4.69, 9.17) is 0 Å². The summed E-state index contributed by atoms with van der Waals surface area (Å²) in [4.78, 5) is 8.05. The summed E-state index contributed by atoms with van der Waals surface area (Å²) in [7, 11) is 0. The fraction of sp³-hybridized carbons (Fsp3) is 0.200. The monoisotopic (exact) mass is 347 g/mol. The summed E-state index contributed by atoms with van der Waals surface area (Å²) in [6, 6.07) is 3.79. The fourth-order valence-electron chi connectivity index (χ4n) is 2.56. The molecule has 0 bridgehead atoms. The Morgan fingerprint density at radius 1 is 1.15 bits per heavy atom. The van der Waals surface area contributed by atoms with E-state index in [1.54, 1.807) is 23.7 Å². The maximum absolute atomic E-state index is 9.48. The van der Waals surface area contributed by atoms with Crippen molar-refractivity contribution in [2.75, 3.05) is 0 Å². The molecule has 0 radical (unpaired) electrons. The zero-order valence-electron chi connectivity index (χ0n) is 14.2. The number of H-pyrrole nitrogens is 1. The lowest BCUT2D eigenvalue weighted by Gasteiger charge is -2.01. The van der Waals surface area contributed by atoms with Crippen LogP contribution in [0.1, 0.15) is 22.8 Å². The van der Waals surface area contributed by atoms with Crippen LogP contribution in [0.3, 0.4) is 0 Å². The molecule has 0 atom stereocenters. The maximum atomic E-state index is 9.48. The van der Waals surface area contributed by atoms with Crippen LogP contribution in [-0.2, 0) is 0 Å². The summed E-state index contributed by atoms with van der Waals surface area (Å²) >= 11 is 0. The van der Waals surface area contributed by atoms with Crippen molar-refractivity contribution in [1.29, 1.82) is 5.26 Å². The van der Waals surface area contributed by atoms with Crippen LogP contribution >= 0.6 is 0 Å². The molecule has 26 heavy (non-hydrogen) atoms. The van der Waals surface area contributed by atoms with Crippen molar-refractivity contribution in [2.24, 2.45) is 10.2 Å². The lowest BCUT2D eigenvalue weighted by atomic mass is 10.3. The highest BCUT2D eigenvalue weighted by molar-refractivity contribution is 5.66. The number of nitrogens with one attached hydrogen (secondary N) is 1. The van der Waals surface area contributed by atoms with Gasteiger partial charge in [-0.15, -0.1) is 10.2 Å². The number of nitrogens with zero attached hydrogens (tertiary/aromatic N) is 10. The molecule has 0 aliphatic carbocycles. The number of aromatic nitrogens is 8. The molecule has 0 saturated carbocycles. The van der Waals surface area contributed by atoms with Gasteiger partial charge in [0.05, 0.1) is 11.4 Å². The van der Waals surface area contributed by atoms with E-state index < -0.39 is 0 Å². The van der Waals surface area contributed by atoms with Crippen LogP contribution in [0, 0.1) is 32.1 Å². The minimum absolute atomic E-state index is 0.290. The van der Waals surface area contributed by atoms with E-state index in [-0.39, 0.29) is 0 Å². The van der Waals surface area contributed by atoms with Gasteiger partial charge in [-0.2, -0.15) is 29.8 Å². The van der Waals surface area contributed by atoms with Crippen molar-refractivity contribution in [3.63, 3.8) is 0 Å². The van der Waals surface area contributed by atoms with Gasteiger partial charge in [-0.3, -0.25) is 5.10 Å². The number of azo groups is 1. The Hall–Kier alpha value is -3.94. The number of fused-ring (bicyclic) bond motifs is 1. The van der Waals surface area contributed by atoms with Crippen LogP contribution in [0.4, 0.5) is 11.5 Å². The van der Waals surface area contributed by atoms with Gasteiger partial charge in [0.1, 0.15) is 23.8 Å². The third-order valence-corrected chi connectivity index (χ3v) is 3.83. The van der Waals surface area contributed by atoms with E-state index in [9.17, 15) is 5.26 Å². The normalized spacial score (nSPS) is 11.5. The Morgan fingerprint density at radius 2 is 2.00 bits per heavy atom. The lowest BCUT2D eigenvalue weighted by molar-refractivity contribution is 0.820. The molecule has 11 heteroatoms. The van der Waals surface area contributed by atoms with E-state index in [1.165, 1.54) is 11.0 Å². The van der Waals surface area contributed by atoms with Crippen molar-refractivity contribution < 1.29 is 0 Å². The molecule has 0 aliphatic rings. The summed E-state index contributed by atoms with van der Waals surface area (Å²) in [6.07, 6.45) is 2.99. The van der Waals surface area contributed by atoms with Gasteiger partial charge in [-0.25, -0.2) is 9.97 Å². The molecule has 11 nitrogen and oxygen atoms in total. The standard InChI is InChI=1S/C15H13N11/c1-8-11(6-16)14(26(23-8)12-4-5-17-7-18-12)21-20-13-9(2)24-25-10(3)19-22-15(13)25/h4-5,7,22H,1-3H3/b21-20+. The molecule has 0 aliphatic heterocycles. The molecule has 0 spiro atoms. The molecule has 4 aromatic heterocycles. The number of rotatable bonds is 3. The van der Waals surface area contributed by atoms with Crippen LogP contribution in [-0.4, -0.2) is 39.6 Å². The minimum atomic E-state index is 0.290. The first-order valence-electron chi connectivity index (χ1n) is 7.68. The van der Waals surface area contributed by atoms with Gasteiger partial charge < -0.3 is 0 Å². The third-order valence-electron chi connectivity index (χ3n) is 3.83. The smallest absolute Gasteiger partial charge is 0.197 e.